The van der Waals surface area contributed by atoms with Gasteiger partial charge < -0.3 is 14.8 Å². The van der Waals surface area contributed by atoms with Crippen molar-refractivity contribution in [3.8, 4) is 0 Å². The highest BCUT2D eigenvalue weighted by molar-refractivity contribution is 5.70. The van der Waals surface area contributed by atoms with Crippen LogP contribution in [-0.2, 0) is 9.47 Å². The molecule has 0 radical (unpaired) electrons. The molecule has 1 amide bonds. The Morgan fingerprint density at radius 2 is 2.23 bits per heavy atom. The average molecular weight is 185 g/mol. The summed E-state index contributed by atoms with van der Waals surface area (Å²) in [5.74, 6) is 0. The highest BCUT2D eigenvalue weighted by Gasteiger charge is 2.47. The number of nitrogens with one attached hydrogen (secondary N) is 1. The summed E-state index contributed by atoms with van der Waals surface area (Å²) in [4.78, 5) is 11.0. The maximum Gasteiger partial charge on any atom is 0.407 e. The van der Waals surface area contributed by atoms with Gasteiger partial charge in [0.05, 0.1) is 18.8 Å². The molecule has 2 saturated heterocycles. The Hall–Kier alpha value is -0.770. The highest BCUT2D eigenvalue weighted by atomic mass is 16.6. The number of hydrogen-bond donors (Lipinski definition) is 1. The van der Waals surface area contributed by atoms with E-state index in [4.69, 9.17) is 9.47 Å². The number of carbonyl (C=O) groups excluding carboxylic acids is 1. The summed E-state index contributed by atoms with van der Waals surface area (Å²) in [5.41, 5.74) is -0.483. The Morgan fingerprint density at radius 3 is 2.77 bits per heavy atom. The Bertz CT molecular complexity index is 239. The summed E-state index contributed by atoms with van der Waals surface area (Å²) in [6.45, 7) is 5.35. The largest absolute Gasteiger partial charge is 0.441 e. The molecule has 4 heteroatoms. The molecule has 13 heavy (non-hydrogen) atoms. The third-order valence-corrected chi connectivity index (χ3v) is 2.66. The fourth-order valence-electron chi connectivity index (χ4n) is 2.17. The SMILES string of the molecule is CC1(C)C[C@@]2(CCO1)CNC(=O)O2. The molecule has 0 aromatic carbocycles. The number of rotatable bonds is 0. The van der Waals surface area contributed by atoms with Crippen LogP contribution < -0.4 is 5.32 Å². The molecule has 2 rings (SSSR count). The Labute approximate surface area is 77.6 Å². The lowest BCUT2D eigenvalue weighted by molar-refractivity contribution is -0.129. The molecule has 2 aliphatic rings. The second-order valence-electron chi connectivity index (χ2n) is 4.46. The fourth-order valence-corrected chi connectivity index (χ4v) is 2.17. The number of amides is 1. The molecular formula is C9H15NO3. The van der Waals surface area contributed by atoms with Gasteiger partial charge in [-0.25, -0.2) is 4.79 Å². The first-order valence-corrected chi connectivity index (χ1v) is 4.62. The van der Waals surface area contributed by atoms with E-state index < -0.39 is 0 Å². The van der Waals surface area contributed by atoms with Gasteiger partial charge >= 0.3 is 6.09 Å². The normalized spacial score (nSPS) is 37.2. The maximum absolute atomic E-state index is 11.0. The van der Waals surface area contributed by atoms with Crippen molar-refractivity contribution in [2.45, 2.75) is 37.9 Å². The standard InChI is InChI=1S/C9H15NO3/c1-8(2)5-9(3-4-12-8)6-10-7(11)13-9/h3-6H2,1-2H3,(H,10,11)/t9-/m0/s1. The van der Waals surface area contributed by atoms with E-state index in [2.05, 4.69) is 5.32 Å². The van der Waals surface area contributed by atoms with E-state index in [-0.39, 0.29) is 17.3 Å². The molecule has 0 aliphatic carbocycles. The third-order valence-electron chi connectivity index (χ3n) is 2.66. The second kappa shape index (κ2) is 2.61. The summed E-state index contributed by atoms with van der Waals surface area (Å²) in [5, 5.41) is 2.70. The molecule has 2 heterocycles. The predicted molar refractivity (Wildman–Crippen MR) is 46.5 cm³/mol. The number of hydrogen-bond acceptors (Lipinski definition) is 3. The van der Waals surface area contributed by atoms with Gasteiger partial charge in [0.25, 0.3) is 0 Å². The molecular weight excluding hydrogens is 170 g/mol. The molecule has 1 N–H and O–H groups in total. The van der Waals surface area contributed by atoms with E-state index in [1.807, 2.05) is 13.8 Å². The first-order valence-electron chi connectivity index (χ1n) is 4.62. The average Bonchev–Trinajstić information content (AvgIpc) is 2.29. The van der Waals surface area contributed by atoms with Gasteiger partial charge in [-0.1, -0.05) is 0 Å². The van der Waals surface area contributed by atoms with Crippen LogP contribution in [0.4, 0.5) is 4.79 Å². The molecule has 0 aromatic heterocycles. The topological polar surface area (TPSA) is 47.6 Å². The zero-order valence-corrected chi connectivity index (χ0v) is 8.05. The van der Waals surface area contributed by atoms with Gasteiger partial charge in [-0.3, -0.25) is 0 Å². The van der Waals surface area contributed by atoms with Crippen molar-refractivity contribution in [3.63, 3.8) is 0 Å². The van der Waals surface area contributed by atoms with E-state index in [1.54, 1.807) is 0 Å². The van der Waals surface area contributed by atoms with Crippen molar-refractivity contribution in [2.24, 2.45) is 0 Å². The summed E-state index contributed by atoms with van der Waals surface area (Å²) in [6.07, 6.45) is 1.28. The van der Waals surface area contributed by atoms with E-state index in [0.717, 1.165) is 12.8 Å². The summed E-state index contributed by atoms with van der Waals surface area (Å²) in [6, 6.07) is 0. The van der Waals surface area contributed by atoms with Gasteiger partial charge in [0.2, 0.25) is 0 Å². The van der Waals surface area contributed by atoms with Crippen LogP contribution in [-0.4, -0.2) is 30.4 Å². The summed E-state index contributed by atoms with van der Waals surface area (Å²) >= 11 is 0. The highest BCUT2D eigenvalue weighted by Crippen LogP contribution is 2.36. The van der Waals surface area contributed by atoms with Crippen molar-refractivity contribution in [3.05, 3.63) is 0 Å². The third kappa shape index (κ3) is 1.63. The van der Waals surface area contributed by atoms with Crippen LogP contribution >= 0.6 is 0 Å². The second-order valence-corrected chi connectivity index (χ2v) is 4.46. The molecule has 2 fully saturated rings. The molecule has 0 bridgehead atoms. The molecule has 4 nitrogen and oxygen atoms in total. The van der Waals surface area contributed by atoms with Gasteiger partial charge in [-0.05, 0) is 13.8 Å². The minimum absolute atomic E-state index is 0.176. The quantitative estimate of drug-likeness (QED) is 0.613. The van der Waals surface area contributed by atoms with Crippen molar-refractivity contribution < 1.29 is 14.3 Å². The van der Waals surface area contributed by atoms with Crippen LogP contribution in [0.1, 0.15) is 26.7 Å². The van der Waals surface area contributed by atoms with Gasteiger partial charge in [0.15, 0.2) is 0 Å². The van der Waals surface area contributed by atoms with E-state index in [1.165, 1.54) is 0 Å². The molecule has 74 valence electrons. The molecule has 0 saturated carbocycles. The van der Waals surface area contributed by atoms with Crippen LogP contribution in [0.15, 0.2) is 0 Å². The molecule has 1 atom stereocenters. The fraction of sp³-hybridized carbons (Fsp3) is 0.889. The zero-order valence-electron chi connectivity index (χ0n) is 8.05. The lowest BCUT2D eigenvalue weighted by atomic mass is 9.84. The van der Waals surface area contributed by atoms with Crippen LogP contribution in [0, 0.1) is 0 Å². The van der Waals surface area contributed by atoms with E-state index >= 15 is 0 Å². The molecule has 2 aliphatic heterocycles. The summed E-state index contributed by atoms with van der Waals surface area (Å²) in [7, 11) is 0. The van der Waals surface area contributed by atoms with Crippen molar-refractivity contribution >= 4 is 6.09 Å². The lowest BCUT2D eigenvalue weighted by Crippen LogP contribution is -2.48. The maximum atomic E-state index is 11.0. The zero-order chi connectivity index (χ0) is 9.53. The first-order chi connectivity index (χ1) is 6.02. The minimum Gasteiger partial charge on any atom is -0.441 e. The van der Waals surface area contributed by atoms with Gasteiger partial charge in [0, 0.05) is 12.8 Å². The Balaban J connectivity index is 2.11. The lowest BCUT2D eigenvalue weighted by Gasteiger charge is -2.40. The molecule has 0 aromatic rings. The predicted octanol–water partition coefficient (Wildman–Crippen LogP) is 1.05. The van der Waals surface area contributed by atoms with Crippen molar-refractivity contribution in [2.75, 3.05) is 13.2 Å². The van der Waals surface area contributed by atoms with Crippen molar-refractivity contribution in [1.29, 1.82) is 0 Å². The van der Waals surface area contributed by atoms with E-state index in [9.17, 15) is 4.79 Å². The number of alkyl carbamates (subject to hydrolysis) is 1. The molecule has 0 unspecified atom stereocenters. The number of ether oxygens (including phenoxy) is 2. The van der Waals surface area contributed by atoms with Gasteiger partial charge in [0.1, 0.15) is 5.60 Å². The molecule has 1 spiro atoms. The van der Waals surface area contributed by atoms with Crippen LogP contribution in [0.3, 0.4) is 0 Å². The van der Waals surface area contributed by atoms with Crippen molar-refractivity contribution in [1.82, 2.24) is 5.32 Å². The smallest absolute Gasteiger partial charge is 0.407 e. The van der Waals surface area contributed by atoms with Crippen LogP contribution in [0.5, 0.6) is 0 Å². The van der Waals surface area contributed by atoms with Crippen LogP contribution in [0.25, 0.3) is 0 Å². The minimum atomic E-state index is -0.307. The van der Waals surface area contributed by atoms with Gasteiger partial charge in [-0.15, -0.1) is 0 Å². The Morgan fingerprint density at radius 1 is 1.46 bits per heavy atom. The van der Waals surface area contributed by atoms with E-state index in [0.29, 0.717) is 13.2 Å². The van der Waals surface area contributed by atoms with Crippen LogP contribution in [0.2, 0.25) is 0 Å². The summed E-state index contributed by atoms with van der Waals surface area (Å²) < 4.78 is 10.9. The number of carbonyl (C=O) groups is 1. The monoisotopic (exact) mass is 185 g/mol. The first kappa shape index (κ1) is 8.81. The Kier molecular flexibility index (Phi) is 1.77. The van der Waals surface area contributed by atoms with Gasteiger partial charge in [-0.2, -0.15) is 0 Å².